The highest BCUT2D eigenvalue weighted by Crippen LogP contribution is 2.41. The molecule has 0 amide bonds. The Hall–Kier alpha value is -3.12. The van der Waals surface area contributed by atoms with Crippen LogP contribution >= 0.6 is 0 Å². The van der Waals surface area contributed by atoms with E-state index in [2.05, 4.69) is 9.97 Å². The largest absolute Gasteiger partial charge is 0.488 e. The van der Waals surface area contributed by atoms with Gasteiger partial charge in [-0.1, -0.05) is 12.1 Å². The van der Waals surface area contributed by atoms with Crippen molar-refractivity contribution in [2.75, 3.05) is 6.54 Å². The van der Waals surface area contributed by atoms with Crippen molar-refractivity contribution >= 4 is 11.0 Å². The lowest BCUT2D eigenvalue weighted by atomic mass is 10.0. The second-order valence-corrected chi connectivity index (χ2v) is 6.35. The lowest BCUT2D eigenvalue weighted by Crippen LogP contribution is -2.24. The van der Waals surface area contributed by atoms with Crippen LogP contribution in [0.25, 0.3) is 33.9 Å². The Kier molecular flexibility index (Phi) is 3.33. The summed E-state index contributed by atoms with van der Waals surface area (Å²) < 4.78 is 25.9. The molecule has 0 unspecified atom stereocenters. The molecular weight excluding hydrogens is 333 g/mol. The summed E-state index contributed by atoms with van der Waals surface area (Å²) in [7, 11) is 0. The monoisotopic (exact) mass is 349 g/mol. The number of H-pyrrole nitrogens is 1. The number of nitrogens with two attached hydrogens (primary N) is 1. The third-order valence-electron chi connectivity index (χ3n) is 4.68. The van der Waals surface area contributed by atoms with Crippen LogP contribution in [-0.2, 0) is 6.42 Å². The fraction of sp³-hybridized carbons (Fsp3) is 0.150. The Labute approximate surface area is 148 Å². The number of furan rings is 1. The van der Waals surface area contributed by atoms with E-state index in [0.29, 0.717) is 41.6 Å². The molecule has 26 heavy (non-hydrogen) atoms. The average Bonchev–Trinajstić information content (AvgIpc) is 3.38. The molecule has 1 aliphatic heterocycles. The van der Waals surface area contributed by atoms with Gasteiger partial charge in [-0.25, -0.2) is 9.37 Å². The Morgan fingerprint density at radius 2 is 1.96 bits per heavy atom. The fourth-order valence-electron chi connectivity index (χ4n) is 3.37. The van der Waals surface area contributed by atoms with Crippen molar-refractivity contribution in [1.29, 1.82) is 0 Å². The molecule has 0 spiro atoms. The molecule has 2 aromatic heterocycles. The van der Waals surface area contributed by atoms with Gasteiger partial charge in [0.25, 0.3) is 0 Å². The van der Waals surface area contributed by atoms with Crippen LogP contribution in [0.4, 0.5) is 4.39 Å². The van der Waals surface area contributed by atoms with E-state index < -0.39 is 0 Å². The fourth-order valence-corrected chi connectivity index (χ4v) is 3.37. The second kappa shape index (κ2) is 5.71. The normalized spacial score (nSPS) is 16.0. The van der Waals surface area contributed by atoms with E-state index in [1.165, 1.54) is 6.07 Å². The van der Waals surface area contributed by atoms with Gasteiger partial charge in [-0.05, 0) is 36.4 Å². The van der Waals surface area contributed by atoms with Crippen molar-refractivity contribution in [3.05, 3.63) is 59.9 Å². The molecule has 6 heteroatoms. The van der Waals surface area contributed by atoms with Gasteiger partial charge in [0.2, 0.25) is 0 Å². The summed E-state index contributed by atoms with van der Waals surface area (Å²) in [4.78, 5) is 7.79. The molecule has 2 aromatic carbocycles. The quantitative estimate of drug-likeness (QED) is 0.588. The Balaban J connectivity index is 1.56. The van der Waals surface area contributed by atoms with Crippen LogP contribution in [0.1, 0.15) is 5.56 Å². The lowest BCUT2D eigenvalue weighted by molar-refractivity contribution is 0.242. The molecule has 0 saturated carbocycles. The first-order valence-corrected chi connectivity index (χ1v) is 8.46. The second-order valence-electron chi connectivity index (χ2n) is 6.35. The van der Waals surface area contributed by atoms with E-state index in [9.17, 15) is 4.39 Å². The zero-order chi connectivity index (χ0) is 17.7. The summed E-state index contributed by atoms with van der Waals surface area (Å²) >= 11 is 0. The van der Waals surface area contributed by atoms with Gasteiger partial charge in [-0.2, -0.15) is 0 Å². The van der Waals surface area contributed by atoms with E-state index >= 15 is 0 Å². The van der Waals surface area contributed by atoms with Crippen LogP contribution in [0.5, 0.6) is 5.75 Å². The van der Waals surface area contributed by atoms with Gasteiger partial charge < -0.3 is 19.9 Å². The number of aromatic nitrogens is 2. The van der Waals surface area contributed by atoms with Gasteiger partial charge in [0, 0.05) is 18.5 Å². The van der Waals surface area contributed by atoms with E-state index in [1.54, 1.807) is 6.07 Å². The Bertz CT molecular complexity index is 1080. The molecular formula is C20H16FN3O2. The minimum absolute atomic E-state index is 0.203. The summed E-state index contributed by atoms with van der Waals surface area (Å²) in [6.07, 6.45) is 0.272. The van der Waals surface area contributed by atoms with Gasteiger partial charge >= 0.3 is 0 Å². The highest BCUT2D eigenvalue weighted by molar-refractivity contribution is 5.79. The smallest absolute Gasteiger partial charge is 0.174 e. The number of fused-ring (bicyclic) bond motifs is 2. The number of halogens is 1. The third kappa shape index (κ3) is 2.30. The molecule has 130 valence electrons. The average molecular weight is 349 g/mol. The number of ether oxygens (including phenoxy) is 1. The number of aromatic amines is 1. The highest BCUT2D eigenvalue weighted by Gasteiger charge is 2.29. The molecule has 0 saturated heterocycles. The summed E-state index contributed by atoms with van der Waals surface area (Å²) in [6.45, 7) is 0.343. The van der Waals surface area contributed by atoms with Crippen LogP contribution in [-0.4, -0.2) is 22.6 Å². The lowest BCUT2D eigenvalue weighted by Gasteiger charge is -2.09. The summed E-state index contributed by atoms with van der Waals surface area (Å²) in [5.41, 5.74) is 8.78. The van der Waals surface area contributed by atoms with E-state index in [1.807, 2.05) is 36.4 Å². The summed E-state index contributed by atoms with van der Waals surface area (Å²) in [5, 5.41) is 0. The molecule has 0 radical (unpaired) electrons. The number of para-hydroxylation sites is 2. The van der Waals surface area contributed by atoms with E-state index in [0.717, 1.165) is 16.6 Å². The number of benzene rings is 2. The molecule has 4 aromatic rings. The molecule has 5 rings (SSSR count). The number of nitrogens with one attached hydrogen (secondary N) is 1. The minimum atomic E-state index is -0.274. The maximum absolute atomic E-state index is 14.1. The molecule has 0 aliphatic carbocycles. The van der Waals surface area contributed by atoms with Gasteiger partial charge in [0.15, 0.2) is 11.6 Å². The number of hydrogen-bond acceptors (Lipinski definition) is 4. The van der Waals surface area contributed by atoms with Crippen molar-refractivity contribution in [2.45, 2.75) is 12.5 Å². The SMILES string of the molecule is NC[C@H]1Cc2c(F)ccc(-c3ccc(-c4nc5ccccc5[nH]4)o3)c2O1. The van der Waals surface area contributed by atoms with Crippen LogP contribution < -0.4 is 10.5 Å². The standard InChI is InChI=1S/C20H16FN3O2/c21-14-6-5-12(19-13(14)9-11(10-22)25-19)17-7-8-18(26-17)20-23-15-3-1-2-4-16(15)24-20/h1-8,11H,9-10,22H2,(H,23,24)/t11-/m1/s1. The van der Waals surface area contributed by atoms with Crippen LogP contribution in [0.15, 0.2) is 52.9 Å². The maximum atomic E-state index is 14.1. The Morgan fingerprint density at radius 1 is 1.12 bits per heavy atom. The first-order valence-electron chi connectivity index (χ1n) is 8.46. The van der Waals surface area contributed by atoms with Crippen molar-refractivity contribution in [3.8, 4) is 28.7 Å². The van der Waals surface area contributed by atoms with Crippen molar-refractivity contribution in [2.24, 2.45) is 5.73 Å². The number of imidazole rings is 1. The van der Waals surface area contributed by atoms with Crippen molar-refractivity contribution < 1.29 is 13.5 Å². The number of rotatable bonds is 3. The third-order valence-corrected chi connectivity index (χ3v) is 4.68. The molecule has 1 aliphatic rings. The molecule has 0 fully saturated rings. The van der Waals surface area contributed by atoms with Gasteiger partial charge in [0.05, 0.1) is 16.6 Å². The molecule has 5 nitrogen and oxygen atoms in total. The zero-order valence-corrected chi connectivity index (χ0v) is 13.8. The number of hydrogen-bond donors (Lipinski definition) is 2. The van der Waals surface area contributed by atoms with E-state index in [-0.39, 0.29) is 11.9 Å². The minimum Gasteiger partial charge on any atom is -0.488 e. The zero-order valence-electron chi connectivity index (χ0n) is 13.8. The first kappa shape index (κ1) is 15.2. The maximum Gasteiger partial charge on any atom is 0.174 e. The Morgan fingerprint density at radius 3 is 2.81 bits per heavy atom. The van der Waals surface area contributed by atoms with Gasteiger partial charge in [-0.3, -0.25) is 0 Å². The predicted octanol–water partition coefficient (Wildman–Crippen LogP) is 3.89. The van der Waals surface area contributed by atoms with Gasteiger partial charge in [0.1, 0.15) is 23.4 Å². The summed E-state index contributed by atoms with van der Waals surface area (Å²) in [5.74, 6) is 2.11. The van der Waals surface area contributed by atoms with Crippen molar-refractivity contribution in [3.63, 3.8) is 0 Å². The predicted molar refractivity (Wildman–Crippen MR) is 96.4 cm³/mol. The van der Waals surface area contributed by atoms with Crippen molar-refractivity contribution in [1.82, 2.24) is 9.97 Å². The molecule has 3 N–H and O–H groups in total. The van der Waals surface area contributed by atoms with Crippen LogP contribution in [0, 0.1) is 5.82 Å². The van der Waals surface area contributed by atoms with Crippen LogP contribution in [0.2, 0.25) is 0 Å². The molecule has 1 atom stereocenters. The highest BCUT2D eigenvalue weighted by atomic mass is 19.1. The topological polar surface area (TPSA) is 77.1 Å². The first-order chi connectivity index (χ1) is 12.7. The molecule has 3 heterocycles. The van der Waals surface area contributed by atoms with E-state index in [4.69, 9.17) is 14.9 Å². The number of nitrogens with zero attached hydrogens (tertiary/aromatic N) is 1. The molecule has 0 bridgehead atoms. The summed E-state index contributed by atoms with van der Waals surface area (Å²) in [6, 6.07) is 14.6. The van der Waals surface area contributed by atoms with Crippen LogP contribution in [0.3, 0.4) is 0 Å². The van der Waals surface area contributed by atoms with Gasteiger partial charge in [-0.15, -0.1) is 0 Å².